The molecule has 2 aromatic heterocycles. The molecule has 0 aromatic carbocycles. The van der Waals surface area contributed by atoms with Crippen LogP contribution in [0.2, 0.25) is 0 Å². The molecule has 4 heterocycles. The zero-order valence-electron chi connectivity index (χ0n) is 14.8. The minimum absolute atomic E-state index is 0.0364. The van der Waals surface area contributed by atoms with Gasteiger partial charge in [-0.25, -0.2) is 0 Å². The van der Waals surface area contributed by atoms with Crippen LogP contribution in [0.15, 0.2) is 18.7 Å². The highest BCUT2D eigenvalue weighted by atomic mass is 16.5. The number of carbonyl (C=O) groups is 1. The van der Waals surface area contributed by atoms with Gasteiger partial charge in [0.1, 0.15) is 18.7 Å². The number of ether oxygens (including phenoxy) is 1. The first-order valence-corrected chi connectivity index (χ1v) is 8.76. The van der Waals surface area contributed by atoms with Crippen molar-refractivity contribution in [2.45, 2.75) is 32.2 Å². The average Bonchev–Trinajstić information content (AvgIpc) is 3.28. The summed E-state index contributed by atoms with van der Waals surface area (Å²) in [6.07, 6.45) is 7.32. The number of hydrogen-bond donors (Lipinski definition) is 0. The van der Waals surface area contributed by atoms with Crippen LogP contribution in [-0.4, -0.2) is 61.7 Å². The summed E-state index contributed by atoms with van der Waals surface area (Å²) in [7, 11) is 1.97. The monoisotopic (exact) mass is 344 g/mol. The molecule has 4 rings (SSSR count). The molecule has 0 aliphatic carbocycles. The Morgan fingerprint density at radius 1 is 1.40 bits per heavy atom. The fourth-order valence-electron chi connectivity index (χ4n) is 4.20. The molecule has 1 unspecified atom stereocenters. The third-order valence-electron chi connectivity index (χ3n) is 5.61. The molecule has 1 atom stereocenters. The van der Waals surface area contributed by atoms with Crippen molar-refractivity contribution in [2.24, 2.45) is 12.5 Å². The lowest BCUT2D eigenvalue weighted by atomic mass is 9.72. The van der Waals surface area contributed by atoms with Gasteiger partial charge >= 0.3 is 0 Å². The number of amides is 1. The van der Waals surface area contributed by atoms with Gasteiger partial charge in [-0.15, -0.1) is 10.2 Å². The lowest BCUT2D eigenvalue weighted by molar-refractivity contribution is -0.131. The molecule has 0 bridgehead atoms. The number of rotatable bonds is 3. The molecule has 8 heteroatoms. The summed E-state index contributed by atoms with van der Waals surface area (Å²) in [4.78, 5) is 14.8. The van der Waals surface area contributed by atoms with Crippen molar-refractivity contribution in [3.63, 3.8) is 0 Å². The van der Waals surface area contributed by atoms with E-state index in [1.165, 1.54) is 0 Å². The van der Waals surface area contributed by atoms with E-state index in [0.29, 0.717) is 6.54 Å². The number of carbonyl (C=O) groups excluding carboxylic acids is 1. The van der Waals surface area contributed by atoms with Crippen molar-refractivity contribution in [1.29, 1.82) is 0 Å². The van der Waals surface area contributed by atoms with Gasteiger partial charge in [0.25, 0.3) is 0 Å². The zero-order chi connectivity index (χ0) is 17.4. The first-order chi connectivity index (χ1) is 12.1. The van der Waals surface area contributed by atoms with Crippen molar-refractivity contribution in [3.8, 4) is 0 Å². The largest absolute Gasteiger partial charge is 0.381 e. The number of likely N-dealkylation sites (tertiary alicyclic amines) is 1. The molecule has 2 saturated heterocycles. The van der Waals surface area contributed by atoms with Gasteiger partial charge in [0, 0.05) is 50.9 Å². The van der Waals surface area contributed by atoms with E-state index in [9.17, 15) is 4.79 Å². The third kappa shape index (κ3) is 2.95. The Balaban J connectivity index is 1.57. The lowest BCUT2D eigenvalue weighted by Crippen LogP contribution is -2.38. The fourth-order valence-corrected chi connectivity index (χ4v) is 4.20. The highest BCUT2D eigenvalue weighted by molar-refractivity contribution is 5.76. The van der Waals surface area contributed by atoms with Crippen molar-refractivity contribution in [2.75, 3.05) is 26.3 Å². The minimum Gasteiger partial charge on any atom is -0.381 e. The van der Waals surface area contributed by atoms with Crippen LogP contribution >= 0.6 is 0 Å². The van der Waals surface area contributed by atoms with Gasteiger partial charge in [0.15, 0.2) is 0 Å². The van der Waals surface area contributed by atoms with Crippen molar-refractivity contribution < 1.29 is 9.53 Å². The quantitative estimate of drug-likeness (QED) is 0.821. The van der Waals surface area contributed by atoms with Gasteiger partial charge < -0.3 is 14.2 Å². The molecule has 134 valence electrons. The smallest absolute Gasteiger partial charge is 0.244 e. The molecular weight excluding hydrogens is 320 g/mol. The number of nitrogens with zero attached hydrogens (tertiary/aromatic N) is 6. The fraction of sp³-hybridized carbons (Fsp3) is 0.647. The molecule has 1 spiro atoms. The summed E-state index contributed by atoms with van der Waals surface area (Å²) < 4.78 is 9.28. The van der Waals surface area contributed by atoms with Gasteiger partial charge in [-0.2, -0.15) is 5.10 Å². The van der Waals surface area contributed by atoms with E-state index in [0.717, 1.165) is 44.0 Å². The van der Waals surface area contributed by atoms with Crippen LogP contribution in [0.1, 0.15) is 30.1 Å². The maximum Gasteiger partial charge on any atom is 0.244 e. The van der Waals surface area contributed by atoms with Crippen LogP contribution in [0, 0.1) is 12.3 Å². The lowest BCUT2D eigenvalue weighted by Gasteiger charge is -2.37. The van der Waals surface area contributed by atoms with E-state index < -0.39 is 0 Å². The molecule has 0 N–H and O–H groups in total. The summed E-state index contributed by atoms with van der Waals surface area (Å²) in [5, 5.41) is 12.6. The zero-order valence-corrected chi connectivity index (χ0v) is 14.8. The van der Waals surface area contributed by atoms with Gasteiger partial charge in [0.05, 0.1) is 6.20 Å². The van der Waals surface area contributed by atoms with E-state index in [4.69, 9.17) is 4.74 Å². The van der Waals surface area contributed by atoms with Gasteiger partial charge in [-0.05, 0) is 25.3 Å². The first kappa shape index (κ1) is 16.3. The second kappa shape index (κ2) is 6.25. The SMILES string of the molecule is Cc1cnn(CC(=O)N2CC(c3nncn3C)C3(CCOCC3)C2)c1. The second-order valence-electron chi connectivity index (χ2n) is 7.32. The normalized spacial score (nSPS) is 22.6. The first-order valence-electron chi connectivity index (χ1n) is 8.76. The topological polar surface area (TPSA) is 78.1 Å². The molecule has 2 aromatic rings. The van der Waals surface area contributed by atoms with Crippen molar-refractivity contribution >= 4 is 5.91 Å². The van der Waals surface area contributed by atoms with Crippen molar-refractivity contribution in [3.05, 3.63) is 30.1 Å². The predicted molar refractivity (Wildman–Crippen MR) is 89.8 cm³/mol. The molecule has 1 amide bonds. The Hall–Kier alpha value is -2.22. The Morgan fingerprint density at radius 3 is 2.84 bits per heavy atom. The number of aryl methyl sites for hydroxylation is 2. The van der Waals surface area contributed by atoms with Crippen LogP contribution in [0.25, 0.3) is 0 Å². The molecule has 25 heavy (non-hydrogen) atoms. The molecule has 2 fully saturated rings. The van der Waals surface area contributed by atoms with Crippen LogP contribution in [0.3, 0.4) is 0 Å². The predicted octanol–water partition coefficient (Wildman–Crippen LogP) is 0.743. The number of hydrogen-bond acceptors (Lipinski definition) is 5. The molecule has 0 radical (unpaired) electrons. The van der Waals surface area contributed by atoms with E-state index in [1.807, 2.05) is 29.6 Å². The van der Waals surface area contributed by atoms with Crippen LogP contribution < -0.4 is 0 Å². The Labute approximate surface area is 146 Å². The Morgan fingerprint density at radius 2 is 2.20 bits per heavy atom. The minimum atomic E-state index is 0.0364. The highest BCUT2D eigenvalue weighted by Gasteiger charge is 2.50. The Kier molecular flexibility index (Phi) is 4.07. The molecule has 2 aliphatic rings. The summed E-state index contributed by atoms with van der Waals surface area (Å²) in [5.74, 6) is 1.28. The van der Waals surface area contributed by atoms with Gasteiger partial charge in [0.2, 0.25) is 5.91 Å². The van der Waals surface area contributed by atoms with Crippen molar-refractivity contribution in [1.82, 2.24) is 29.4 Å². The average molecular weight is 344 g/mol. The van der Waals surface area contributed by atoms with Gasteiger partial charge in [-0.1, -0.05) is 0 Å². The van der Waals surface area contributed by atoms with E-state index in [-0.39, 0.29) is 23.8 Å². The second-order valence-corrected chi connectivity index (χ2v) is 7.32. The standard InChI is InChI=1S/C17H24N6O2/c1-13-7-19-23(8-13)10-15(24)22-9-14(16-20-18-12-21(16)2)17(11-22)3-5-25-6-4-17/h7-8,12,14H,3-6,9-11H2,1-2H3. The van der Waals surface area contributed by atoms with Crippen LogP contribution in [0.4, 0.5) is 0 Å². The summed E-state index contributed by atoms with van der Waals surface area (Å²) in [6, 6.07) is 0. The molecule has 8 nitrogen and oxygen atoms in total. The van der Waals surface area contributed by atoms with Gasteiger partial charge in [-0.3, -0.25) is 9.48 Å². The van der Waals surface area contributed by atoms with E-state index in [1.54, 1.807) is 17.2 Å². The maximum absolute atomic E-state index is 12.8. The molecule has 0 saturated carbocycles. The number of aromatic nitrogens is 5. The summed E-state index contributed by atoms with van der Waals surface area (Å²) in [5.41, 5.74) is 1.10. The van der Waals surface area contributed by atoms with E-state index >= 15 is 0 Å². The molecular formula is C17H24N6O2. The highest BCUT2D eigenvalue weighted by Crippen LogP contribution is 2.48. The van der Waals surface area contributed by atoms with E-state index in [2.05, 4.69) is 15.3 Å². The summed E-state index contributed by atoms with van der Waals surface area (Å²) in [6.45, 7) is 5.19. The van der Waals surface area contributed by atoms with Crippen LogP contribution in [0.5, 0.6) is 0 Å². The Bertz CT molecular complexity index is 761. The van der Waals surface area contributed by atoms with Crippen LogP contribution in [-0.2, 0) is 23.1 Å². The third-order valence-corrected chi connectivity index (χ3v) is 5.61. The molecule has 2 aliphatic heterocycles. The maximum atomic E-state index is 12.8. The summed E-state index contributed by atoms with van der Waals surface area (Å²) >= 11 is 0.